The van der Waals surface area contributed by atoms with Crippen LogP contribution in [0.3, 0.4) is 0 Å². The molecule has 6 nitrogen and oxygen atoms in total. The van der Waals surface area contributed by atoms with Crippen molar-refractivity contribution >= 4 is 15.8 Å². The molecule has 1 saturated heterocycles. The molecule has 1 fully saturated rings. The van der Waals surface area contributed by atoms with Crippen molar-refractivity contribution in [3.8, 4) is 0 Å². The van der Waals surface area contributed by atoms with Gasteiger partial charge in [-0.05, 0) is 12.3 Å². The molecule has 0 spiro atoms. The molecule has 1 aliphatic rings. The van der Waals surface area contributed by atoms with E-state index in [1.807, 2.05) is 6.92 Å². The van der Waals surface area contributed by atoms with E-state index in [-0.39, 0.29) is 10.7 Å². The number of rotatable bonds is 2. The zero-order valence-electron chi connectivity index (χ0n) is 9.42. The number of nitrogen functional groups attached to an aromatic ring is 1. The van der Waals surface area contributed by atoms with Crippen LogP contribution in [-0.2, 0) is 17.1 Å². The Morgan fingerprint density at radius 2 is 2.25 bits per heavy atom. The molecule has 1 atom stereocenters. The average Bonchev–Trinajstić information content (AvgIpc) is 2.73. The van der Waals surface area contributed by atoms with E-state index >= 15 is 0 Å². The molecular weight excluding hydrogens is 228 g/mol. The summed E-state index contributed by atoms with van der Waals surface area (Å²) in [7, 11) is -1.80. The van der Waals surface area contributed by atoms with Crippen LogP contribution in [-0.4, -0.2) is 35.6 Å². The van der Waals surface area contributed by atoms with Gasteiger partial charge in [0.05, 0.1) is 0 Å². The fraction of sp³-hybridized carbons (Fsp3) is 0.667. The highest BCUT2D eigenvalue weighted by Crippen LogP contribution is 2.26. The molecule has 0 aromatic carbocycles. The lowest BCUT2D eigenvalue weighted by molar-refractivity contribution is 0.464. The minimum Gasteiger partial charge on any atom is -0.381 e. The first-order valence-electron chi connectivity index (χ1n) is 5.20. The molecule has 7 heteroatoms. The van der Waals surface area contributed by atoms with Crippen LogP contribution >= 0.6 is 0 Å². The number of aryl methyl sites for hydroxylation is 1. The largest absolute Gasteiger partial charge is 0.381 e. The first-order valence-corrected chi connectivity index (χ1v) is 6.64. The van der Waals surface area contributed by atoms with Gasteiger partial charge < -0.3 is 5.73 Å². The van der Waals surface area contributed by atoms with Crippen molar-refractivity contribution in [1.29, 1.82) is 0 Å². The summed E-state index contributed by atoms with van der Waals surface area (Å²) in [5.74, 6) is 0.481. The molecular formula is C9H16N4O2S. The van der Waals surface area contributed by atoms with Crippen molar-refractivity contribution < 1.29 is 8.42 Å². The molecule has 16 heavy (non-hydrogen) atoms. The monoisotopic (exact) mass is 244 g/mol. The SMILES string of the molecule is CC1CCN(S(=O)(=O)c2cn(C)nc2N)C1. The second kappa shape index (κ2) is 3.74. The minimum atomic E-state index is -3.46. The van der Waals surface area contributed by atoms with Gasteiger partial charge in [-0.1, -0.05) is 6.92 Å². The van der Waals surface area contributed by atoms with Crippen LogP contribution in [0.1, 0.15) is 13.3 Å². The Morgan fingerprint density at radius 3 is 2.69 bits per heavy atom. The predicted octanol–water partition coefficient (Wildman–Crippen LogP) is 0.0328. The molecule has 1 unspecified atom stereocenters. The van der Waals surface area contributed by atoms with Gasteiger partial charge in [0, 0.05) is 26.3 Å². The summed E-state index contributed by atoms with van der Waals surface area (Å²) < 4.78 is 27.3. The van der Waals surface area contributed by atoms with Gasteiger partial charge in [-0.25, -0.2) is 8.42 Å². The summed E-state index contributed by atoms with van der Waals surface area (Å²) in [4.78, 5) is 0.115. The third-order valence-electron chi connectivity index (χ3n) is 2.83. The van der Waals surface area contributed by atoms with Crippen molar-refractivity contribution in [2.24, 2.45) is 13.0 Å². The lowest BCUT2D eigenvalue weighted by Gasteiger charge is -2.14. The van der Waals surface area contributed by atoms with E-state index in [2.05, 4.69) is 5.10 Å². The summed E-state index contributed by atoms with van der Waals surface area (Å²) >= 11 is 0. The molecule has 0 bridgehead atoms. The van der Waals surface area contributed by atoms with E-state index in [1.165, 1.54) is 15.2 Å². The molecule has 0 saturated carbocycles. The van der Waals surface area contributed by atoms with Crippen molar-refractivity contribution in [1.82, 2.24) is 14.1 Å². The smallest absolute Gasteiger partial charge is 0.248 e. The number of nitrogens with two attached hydrogens (primary N) is 1. The fourth-order valence-electron chi connectivity index (χ4n) is 1.93. The second-order valence-electron chi connectivity index (χ2n) is 4.31. The van der Waals surface area contributed by atoms with E-state index in [9.17, 15) is 8.42 Å². The van der Waals surface area contributed by atoms with Crippen LogP contribution in [0, 0.1) is 5.92 Å². The molecule has 1 aromatic rings. The number of hydrogen-bond acceptors (Lipinski definition) is 4. The highest BCUT2D eigenvalue weighted by molar-refractivity contribution is 7.89. The number of nitrogens with zero attached hydrogens (tertiary/aromatic N) is 3. The summed E-state index contributed by atoms with van der Waals surface area (Å²) in [6, 6.07) is 0. The maximum absolute atomic E-state index is 12.2. The third kappa shape index (κ3) is 1.80. The Morgan fingerprint density at radius 1 is 1.56 bits per heavy atom. The van der Waals surface area contributed by atoms with Gasteiger partial charge in [0.25, 0.3) is 0 Å². The zero-order valence-corrected chi connectivity index (χ0v) is 10.2. The average molecular weight is 244 g/mol. The molecule has 1 aromatic heterocycles. The van der Waals surface area contributed by atoms with E-state index in [0.29, 0.717) is 19.0 Å². The first kappa shape index (κ1) is 11.4. The molecule has 1 aliphatic heterocycles. The van der Waals surface area contributed by atoms with Crippen LogP contribution in [0.25, 0.3) is 0 Å². The molecule has 0 amide bonds. The van der Waals surface area contributed by atoms with Crippen LogP contribution < -0.4 is 5.73 Å². The van der Waals surface area contributed by atoms with Crippen molar-refractivity contribution in [2.75, 3.05) is 18.8 Å². The van der Waals surface area contributed by atoms with Crippen LogP contribution in [0.15, 0.2) is 11.1 Å². The lowest BCUT2D eigenvalue weighted by atomic mass is 10.2. The Bertz CT molecular complexity index is 494. The van der Waals surface area contributed by atoms with Gasteiger partial charge in [0.1, 0.15) is 4.90 Å². The lowest BCUT2D eigenvalue weighted by Crippen LogP contribution is -2.29. The van der Waals surface area contributed by atoms with Crippen molar-refractivity contribution in [3.63, 3.8) is 0 Å². The van der Waals surface area contributed by atoms with Crippen LogP contribution in [0.4, 0.5) is 5.82 Å². The molecule has 0 aliphatic carbocycles. The fourth-order valence-corrected chi connectivity index (χ4v) is 3.60. The van der Waals surface area contributed by atoms with E-state index in [1.54, 1.807) is 7.05 Å². The Balaban J connectivity index is 2.36. The molecule has 2 heterocycles. The number of anilines is 1. The van der Waals surface area contributed by atoms with Gasteiger partial charge in [0.2, 0.25) is 10.0 Å². The summed E-state index contributed by atoms with van der Waals surface area (Å²) in [5.41, 5.74) is 5.59. The standard InChI is InChI=1S/C9H16N4O2S/c1-7-3-4-13(5-7)16(14,15)8-6-12(2)11-9(8)10/h6-7H,3-5H2,1-2H3,(H2,10,11). The Kier molecular flexibility index (Phi) is 2.67. The zero-order chi connectivity index (χ0) is 11.9. The van der Waals surface area contributed by atoms with Crippen molar-refractivity contribution in [3.05, 3.63) is 6.20 Å². The van der Waals surface area contributed by atoms with Gasteiger partial charge in [-0.15, -0.1) is 0 Å². The van der Waals surface area contributed by atoms with Gasteiger partial charge in [-0.2, -0.15) is 9.40 Å². The highest BCUT2D eigenvalue weighted by atomic mass is 32.2. The molecule has 2 rings (SSSR count). The van der Waals surface area contributed by atoms with Crippen LogP contribution in [0.2, 0.25) is 0 Å². The summed E-state index contributed by atoms with van der Waals surface area (Å²) in [6.07, 6.45) is 2.35. The Labute approximate surface area is 95.1 Å². The topological polar surface area (TPSA) is 81.2 Å². The number of hydrogen-bond donors (Lipinski definition) is 1. The van der Waals surface area contributed by atoms with Gasteiger partial charge in [0.15, 0.2) is 5.82 Å². The molecule has 2 N–H and O–H groups in total. The number of aromatic nitrogens is 2. The normalized spacial score (nSPS) is 22.8. The van der Waals surface area contributed by atoms with E-state index in [4.69, 9.17) is 5.73 Å². The second-order valence-corrected chi connectivity index (χ2v) is 6.22. The quantitative estimate of drug-likeness (QED) is 0.796. The van der Waals surface area contributed by atoms with Crippen molar-refractivity contribution in [2.45, 2.75) is 18.2 Å². The maximum atomic E-state index is 12.2. The first-order chi connectivity index (χ1) is 7.41. The summed E-state index contributed by atoms with van der Waals surface area (Å²) in [6.45, 7) is 3.18. The van der Waals surface area contributed by atoms with E-state index in [0.717, 1.165) is 6.42 Å². The van der Waals surface area contributed by atoms with Crippen LogP contribution in [0.5, 0.6) is 0 Å². The summed E-state index contributed by atoms with van der Waals surface area (Å²) in [5, 5.41) is 3.86. The molecule has 0 radical (unpaired) electrons. The molecule has 90 valence electrons. The maximum Gasteiger partial charge on any atom is 0.248 e. The van der Waals surface area contributed by atoms with Gasteiger partial charge >= 0.3 is 0 Å². The highest BCUT2D eigenvalue weighted by Gasteiger charge is 2.33. The van der Waals surface area contributed by atoms with E-state index < -0.39 is 10.0 Å². The Hall–Kier alpha value is -1.08. The van der Waals surface area contributed by atoms with Gasteiger partial charge in [-0.3, -0.25) is 4.68 Å². The third-order valence-corrected chi connectivity index (χ3v) is 4.71. The predicted molar refractivity (Wildman–Crippen MR) is 60.2 cm³/mol. The minimum absolute atomic E-state index is 0.0713. The number of sulfonamides is 1.